The van der Waals surface area contributed by atoms with E-state index in [4.69, 9.17) is 28.1 Å². The number of hydroxylamine groups is 1. The van der Waals surface area contributed by atoms with Gasteiger partial charge in [0.15, 0.2) is 6.10 Å². The number of nitrogens with one attached hydrogen (secondary N) is 1. The Morgan fingerprint density at radius 1 is 1.04 bits per heavy atom. The molecule has 4 atom stereocenters. The second-order valence-corrected chi connectivity index (χ2v) is 8.04. The van der Waals surface area contributed by atoms with Crippen molar-refractivity contribution in [3.05, 3.63) is 0 Å². The standard InChI is InChI=1S/C16H28NO10P/c1-6-22-28(21,23-7-2)9-15(20)17-27-16-14(26-12(5)19)8-13(10(3)24-16)25-11(4)18/h10,13-14,16H,6-9H2,1-5H3,(H,17,20)/t10-,13+,14+,16?/m1/s1. The maximum absolute atomic E-state index is 12.4. The van der Waals surface area contributed by atoms with Crippen molar-refractivity contribution in [1.82, 2.24) is 5.48 Å². The summed E-state index contributed by atoms with van der Waals surface area (Å²) in [7, 11) is -3.60. The van der Waals surface area contributed by atoms with Crippen LogP contribution >= 0.6 is 7.60 Å². The van der Waals surface area contributed by atoms with Gasteiger partial charge in [0, 0.05) is 20.3 Å². The first kappa shape index (κ1) is 24.5. The zero-order valence-corrected chi connectivity index (χ0v) is 17.6. The minimum absolute atomic E-state index is 0.112. The van der Waals surface area contributed by atoms with Gasteiger partial charge < -0.3 is 23.3 Å². The van der Waals surface area contributed by atoms with Gasteiger partial charge >= 0.3 is 19.5 Å². The molecule has 0 saturated carbocycles. The summed E-state index contributed by atoms with van der Waals surface area (Å²) in [5.74, 6) is -1.86. The number of carbonyl (C=O) groups excluding carboxylic acids is 3. The molecule has 1 amide bonds. The predicted octanol–water partition coefficient (Wildman–Crippen LogP) is 1.30. The lowest BCUT2D eigenvalue weighted by molar-refractivity contribution is -0.283. The molecule has 12 heteroatoms. The molecular weight excluding hydrogens is 397 g/mol. The second-order valence-electron chi connectivity index (χ2n) is 5.99. The zero-order valence-electron chi connectivity index (χ0n) is 16.7. The first-order valence-electron chi connectivity index (χ1n) is 8.92. The van der Waals surface area contributed by atoms with Crippen LogP contribution in [0.3, 0.4) is 0 Å². The Morgan fingerprint density at radius 2 is 1.57 bits per heavy atom. The molecular formula is C16H28NO10P. The Balaban J connectivity index is 2.71. The summed E-state index contributed by atoms with van der Waals surface area (Å²) in [4.78, 5) is 39.8. The number of ether oxygens (including phenoxy) is 3. The summed E-state index contributed by atoms with van der Waals surface area (Å²) in [6.07, 6.45) is -3.72. The molecule has 0 spiro atoms. The van der Waals surface area contributed by atoms with Crippen molar-refractivity contribution < 1.29 is 47.0 Å². The SMILES string of the molecule is CCOP(=O)(CC(=O)NOC1O[C@H](C)[C@@H](OC(C)=O)C[C@@H]1OC(C)=O)OCC. The Kier molecular flexibility index (Phi) is 10.0. The van der Waals surface area contributed by atoms with E-state index in [1.165, 1.54) is 13.8 Å². The van der Waals surface area contributed by atoms with Gasteiger partial charge in [-0.3, -0.25) is 18.9 Å². The minimum atomic E-state index is -3.60. The summed E-state index contributed by atoms with van der Waals surface area (Å²) in [6.45, 7) is 7.58. The molecule has 11 nitrogen and oxygen atoms in total. The third-order valence-corrected chi connectivity index (χ3v) is 5.53. The smallest absolute Gasteiger partial charge is 0.340 e. The fourth-order valence-electron chi connectivity index (χ4n) is 2.55. The van der Waals surface area contributed by atoms with Gasteiger partial charge in [-0.05, 0) is 20.8 Å². The maximum atomic E-state index is 12.4. The fraction of sp³-hybridized carbons (Fsp3) is 0.812. The van der Waals surface area contributed by atoms with Crippen molar-refractivity contribution >= 4 is 25.4 Å². The second kappa shape index (κ2) is 11.5. The van der Waals surface area contributed by atoms with Crippen molar-refractivity contribution in [1.29, 1.82) is 0 Å². The molecule has 28 heavy (non-hydrogen) atoms. The number of amides is 1. The number of carbonyl (C=O) groups is 3. The Hall–Kier alpha value is -1.52. The van der Waals surface area contributed by atoms with E-state index in [1.807, 2.05) is 0 Å². The average Bonchev–Trinajstić information content (AvgIpc) is 2.55. The van der Waals surface area contributed by atoms with Crippen LogP contribution in [-0.4, -0.2) is 61.8 Å². The first-order chi connectivity index (χ1) is 13.1. The summed E-state index contributed by atoms with van der Waals surface area (Å²) in [5.41, 5.74) is 2.11. The van der Waals surface area contributed by atoms with Gasteiger partial charge in [0.25, 0.3) is 5.91 Å². The number of rotatable bonds is 10. The molecule has 1 heterocycles. The molecule has 0 aromatic rings. The van der Waals surface area contributed by atoms with Crippen LogP contribution in [0.1, 0.15) is 41.0 Å². The van der Waals surface area contributed by atoms with Crippen LogP contribution in [-0.2, 0) is 47.0 Å². The molecule has 1 aliphatic heterocycles. The van der Waals surface area contributed by atoms with Crippen LogP contribution in [0.5, 0.6) is 0 Å². The first-order valence-corrected chi connectivity index (χ1v) is 10.7. The molecule has 0 aromatic carbocycles. The minimum Gasteiger partial charge on any atom is -0.460 e. The Labute approximate surface area is 163 Å². The van der Waals surface area contributed by atoms with E-state index in [0.717, 1.165) is 0 Å². The van der Waals surface area contributed by atoms with Gasteiger partial charge in [0.05, 0.1) is 19.3 Å². The highest BCUT2D eigenvalue weighted by molar-refractivity contribution is 7.54. The fourth-order valence-corrected chi connectivity index (χ4v) is 4.01. The Bertz CT molecular complexity index is 588. The maximum Gasteiger partial charge on any atom is 0.340 e. The lowest BCUT2D eigenvalue weighted by Gasteiger charge is -2.38. The third kappa shape index (κ3) is 8.24. The van der Waals surface area contributed by atoms with Gasteiger partial charge in [-0.2, -0.15) is 0 Å². The molecule has 1 aliphatic rings. The lowest BCUT2D eigenvalue weighted by Crippen LogP contribution is -2.52. The van der Waals surface area contributed by atoms with E-state index >= 15 is 0 Å². The molecule has 1 unspecified atom stereocenters. The number of esters is 2. The third-order valence-electron chi connectivity index (χ3n) is 3.55. The van der Waals surface area contributed by atoms with Crippen molar-refractivity contribution in [2.75, 3.05) is 19.4 Å². The summed E-state index contributed by atoms with van der Waals surface area (Å²) >= 11 is 0. The van der Waals surface area contributed by atoms with Gasteiger partial charge in [0.2, 0.25) is 6.29 Å². The lowest BCUT2D eigenvalue weighted by atomic mass is 10.0. The highest BCUT2D eigenvalue weighted by atomic mass is 31.2. The van der Waals surface area contributed by atoms with E-state index in [1.54, 1.807) is 20.8 Å². The van der Waals surface area contributed by atoms with Crippen LogP contribution in [0.4, 0.5) is 0 Å². The van der Waals surface area contributed by atoms with Crippen LogP contribution in [0.2, 0.25) is 0 Å². The monoisotopic (exact) mass is 425 g/mol. The summed E-state index contributed by atoms with van der Waals surface area (Å²) in [6, 6.07) is 0. The zero-order chi connectivity index (χ0) is 21.3. The van der Waals surface area contributed by atoms with E-state index in [9.17, 15) is 18.9 Å². The molecule has 1 rings (SSSR count). The van der Waals surface area contributed by atoms with Gasteiger partial charge in [-0.1, -0.05) is 0 Å². The predicted molar refractivity (Wildman–Crippen MR) is 95.0 cm³/mol. The van der Waals surface area contributed by atoms with Crippen molar-refractivity contribution in [3.63, 3.8) is 0 Å². The molecule has 0 aromatic heterocycles. The van der Waals surface area contributed by atoms with Gasteiger partial charge in [-0.25, -0.2) is 10.3 Å². The average molecular weight is 425 g/mol. The van der Waals surface area contributed by atoms with Crippen LogP contribution in [0.15, 0.2) is 0 Å². The molecule has 0 bridgehead atoms. The van der Waals surface area contributed by atoms with Gasteiger partial charge in [0.1, 0.15) is 12.3 Å². The van der Waals surface area contributed by atoms with Crippen LogP contribution in [0.25, 0.3) is 0 Å². The highest BCUT2D eigenvalue weighted by Crippen LogP contribution is 2.47. The van der Waals surface area contributed by atoms with E-state index in [2.05, 4.69) is 5.48 Å². The van der Waals surface area contributed by atoms with E-state index in [-0.39, 0.29) is 19.6 Å². The molecule has 162 valence electrons. The highest BCUT2D eigenvalue weighted by Gasteiger charge is 2.41. The quantitative estimate of drug-likeness (QED) is 0.310. The van der Waals surface area contributed by atoms with Crippen LogP contribution < -0.4 is 5.48 Å². The summed E-state index contributed by atoms with van der Waals surface area (Å²) in [5, 5.41) is 0. The largest absolute Gasteiger partial charge is 0.460 e. The number of hydrogen-bond donors (Lipinski definition) is 1. The molecule has 1 N–H and O–H groups in total. The van der Waals surface area contributed by atoms with Crippen molar-refractivity contribution in [2.45, 2.75) is 65.6 Å². The van der Waals surface area contributed by atoms with E-state index in [0.29, 0.717) is 0 Å². The molecule has 0 aliphatic carbocycles. The molecule has 1 fully saturated rings. The van der Waals surface area contributed by atoms with E-state index < -0.39 is 56.2 Å². The van der Waals surface area contributed by atoms with Crippen molar-refractivity contribution in [3.8, 4) is 0 Å². The van der Waals surface area contributed by atoms with Crippen molar-refractivity contribution in [2.24, 2.45) is 0 Å². The Morgan fingerprint density at radius 3 is 2.07 bits per heavy atom. The topological polar surface area (TPSA) is 136 Å². The van der Waals surface area contributed by atoms with Gasteiger partial charge in [-0.15, -0.1) is 0 Å². The van der Waals surface area contributed by atoms with Crippen LogP contribution in [0, 0.1) is 0 Å². The summed E-state index contributed by atoms with van der Waals surface area (Å²) < 4.78 is 38.3. The normalized spacial score (nSPS) is 25.0. The molecule has 0 radical (unpaired) electrons. The number of hydrogen-bond acceptors (Lipinski definition) is 10. The molecule has 1 saturated heterocycles.